The van der Waals surface area contributed by atoms with Gasteiger partial charge in [0.15, 0.2) is 24.5 Å². The molecule has 2 fully saturated rings. The van der Waals surface area contributed by atoms with E-state index < -0.39 is 74.3 Å². The van der Waals surface area contributed by atoms with Crippen molar-refractivity contribution in [3.05, 3.63) is 0 Å². The molecule has 2 rings (SSSR count). The molecule has 0 unspecified atom stereocenters. The molecular weight excluding hydrogens is 320 g/mol. The second kappa shape index (κ2) is 7.44. The monoisotopic (exact) mass is 340 g/mol. The van der Waals surface area contributed by atoms with E-state index in [4.69, 9.17) is 19.3 Å². The lowest BCUT2D eigenvalue weighted by Gasteiger charge is -2.43. The minimum absolute atomic E-state index is 0.700. The van der Waals surface area contributed by atoms with Crippen LogP contribution in [0.2, 0.25) is 0 Å². The number of rotatable bonds is 4. The second-order valence-corrected chi connectivity index (χ2v) is 5.35. The summed E-state index contributed by atoms with van der Waals surface area (Å²) < 4.78 is 15.1. The van der Waals surface area contributed by atoms with Gasteiger partial charge in [-0.3, -0.25) is 4.79 Å². The fourth-order valence-electron chi connectivity index (χ4n) is 2.45. The van der Waals surface area contributed by atoms with Gasteiger partial charge in [0.25, 0.3) is 0 Å². The van der Waals surface area contributed by atoms with Crippen LogP contribution < -0.4 is 0 Å². The molecule has 2 aliphatic heterocycles. The predicted molar refractivity (Wildman–Crippen MR) is 67.6 cm³/mol. The molecule has 0 saturated carbocycles. The molecule has 2 saturated heterocycles. The zero-order chi connectivity index (χ0) is 17.3. The van der Waals surface area contributed by atoms with Crippen molar-refractivity contribution in [2.45, 2.75) is 55.3 Å². The molecule has 0 aromatic heterocycles. The number of ketones is 1. The first kappa shape index (κ1) is 18.6. The topological polar surface area (TPSA) is 186 Å². The van der Waals surface area contributed by atoms with Crippen molar-refractivity contribution in [2.75, 3.05) is 13.2 Å². The van der Waals surface area contributed by atoms with Gasteiger partial charge in [-0.2, -0.15) is 0 Å². The summed E-state index contributed by atoms with van der Waals surface area (Å²) in [6.45, 7) is -1.43. The Morgan fingerprint density at radius 1 is 0.870 bits per heavy atom. The Balaban J connectivity index is 2.13. The van der Waals surface area contributed by atoms with Crippen LogP contribution in [0.15, 0.2) is 0 Å². The van der Waals surface area contributed by atoms with Gasteiger partial charge in [0, 0.05) is 0 Å². The molecule has 7 N–H and O–H groups in total. The van der Waals surface area contributed by atoms with Crippen molar-refractivity contribution in [1.82, 2.24) is 0 Å². The molecule has 11 heteroatoms. The zero-order valence-corrected chi connectivity index (χ0v) is 11.9. The fraction of sp³-hybridized carbons (Fsp3) is 0.917. The maximum absolute atomic E-state index is 11.7. The van der Waals surface area contributed by atoms with Crippen LogP contribution in [-0.2, 0) is 19.0 Å². The van der Waals surface area contributed by atoms with E-state index in [1.54, 1.807) is 0 Å². The number of ether oxygens (including phenoxy) is 3. The standard InChI is InChI=1S/C12H20O11/c13-1-3-5(15)6(16)9(19)12(22-3)23-10-4(2-14)21-11(20)8(18)7(10)17/h3-5,7-15,17-20H,1-2H2/t3-,4-,5+,7-,8-,9-,10-,11-,12+/m1/s1. The molecule has 134 valence electrons. The van der Waals surface area contributed by atoms with Crippen LogP contribution in [0.5, 0.6) is 0 Å². The van der Waals surface area contributed by atoms with Gasteiger partial charge in [-0.1, -0.05) is 0 Å². The van der Waals surface area contributed by atoms with Crippen molar-refractivity contribution in [1.29, 1.82) is 0 Å². The SMILES string of the molecule is O=C1[C@@H](O)[C@H](O[C@H]2[C@H](O)[C@@H](O)[C@H](O)O[C@@H]2CO)O[C@H](CO)[C@@H]1O. The number of carbonyl (C=O) groups excluding carboxylic acids is 1. The Morgan fingerprint density at radius 3 is 2.04 bits per heavy atom. The first-order chi connectivity index (χ1) is 10.8. The van der Waals surface area contributed by atoms with Gasteiger partial charge in [0.2, 0.25) is 0 Å². The van der Waals surface area contributed by atoms with Crippen LogP contribution in [-0.4, -0.2) is 110 Å². The van der Waals surface area contributed by atoms with Crippen molar-refractivity contribution >= 4 is 5.78 Å². The van der Waals surface area contributed by atoms with E-state index in [2.05, 4.69) is 0 Å². The highest BCUT2D eigenvalue weighted by Gasteiger charge is 2.50. The molecule has 0 aromatic carbocycles. The van der Waals surface area contributed by atoms with Crippen LogP contribution in [0.1, 0.15) is 0 Å². The van der Waals surface area contributed by atoms with Crippen molar-refractivity contribution in [2.24, 2.45) is 0 Å². The molecule has 0 aromatic rings. The molecule has 0 aliphatic carbocycles. The molecular formula is C12H20O11. The van der Waals surface area contributed by atoms with Gasteiger partial charge in [-0.15, -0.1) is 0 Å². The second-order valence-electron chi connectivity index (χ2n) is 5.35. The lowest BCUT2D eigenvalue weighted by molar-refractivity contribution is -0.336. The number of carbonyl (C=O) groups is 1. The third-order valence-corrected chi connectivity index (χ3v) is 3.81. The summed E-state index contributed by atoms with van der Waals surface area (Å²) >= 11 is 0. The van der Waals surface area contributed by atoms with Gasteiger partial charge < -0.3 is 50.0 Å². The summed E-state index contributed by atoms with van der Waals surface area (Å²) in [5.74, 6) is -1.05. The summed E-state index contributed by atoms with van der Waals surface area (Å²) in [6.07, 6.45) is -14.6. The Bertz CT molecular complexity index is 416. The predicted octanol–water partition coefficient (Wildman–Crippen LogP) is -5.19. The third kappa shape index (κ3) is 3.53. The highest BCUT2D eigenvalue weighted by atomic mass is 16.7. The number of hydrogen-bond acceptors (Lipinski definition) is 11. The summed E-state index contributed by atoms with van der Waals surface area (Å²) in [7, 11) is 0. The smallest absolute Gasteiger partial charge is 0.197 e. The van der Waals surface area contributed by atoms with E-state index in [0.717, 1.165) is 0 Å². The minimum Gasteiger partial charge on any atom is -0.394 e. The Labute approximate surface area is 130 Å². The fourth-order valence-corrected chi connectivity index (χ4v) is 2.45. The van der Waals surface area contributed by atoms with Crippen LogP contribution >= 0.6 is 0 Å². The molecule has 0 bridgehead atoms. The third-order valence-electron chi connectivity index (χ3n) is 3.81. The largest absolute Gasteiger partial charge is 0.394 e. The van der Waals surface area contributed by atoms with E-state index in [0.29, 0.717) is 0 Å². The Hall–Kier alpha value is -0.730. The number of hydrogen-bond donors (Lipinski definition) is 7. The lowest BCUT2D eigenvalue weighted by Crippen LogP contribution is -2.63. The molecule has 0 amide bonds. The summed E-state index contributed by atoms with van der Waals surface area (Å²) in [6, 6.07) is 0. The van der Waals surface area contributed by atoms with Gasteiger partial charge in [-0.25, -0.2) is 0 Å². The highest BCUT2D eigenvalue weighted by Crippen LogP contribution is 2.27. The quantitative estimate of drug-likeness (QED) is 0.259. The first-order valence-electron chi connectivity index (χ1n) is 6.94. The van der Waals surface area contributed by atoms with Crippen molar-refractivity contribution in [3.8, 4) is 0 Å². The van der Waals surface area contributed by atoms with Gasteiger partial charge >= 0.3 is 0 Å². The van der Waals surface area contributed by atoms with E-state index >= 15 is 0 Å². The average Bonchev–Trinajstić information content (AvgIpc) is 2.55. The molecule has 9 atom stereocenters. The minimum atomic E-state index is -1.91. The van der Waals surface area contributed by atoms with E-state index in [9.17, 15) is 35.4 Å². The molecule has 23 heavy (non-hydrogen) atoms. The maximum atomic E-state index is 11.7. The van der Waals surface area contributed by atoms with E-state index in [1.165, 1.54) is 0 Å². The Kier molecular flexibility index (Phi) is 6.02. The number of Topliss-reactive ketones (excluding diaryl/α,β-unsaturated/α-hetero) is 1. The molecule has 2 aliphatic rings. The summed E-state index contributed by atoms with van der Waals surface area (Å²) in [4.78, 5) is 11.7. The molecule has 2 heterocycles. The Morgan fingerprint density at radius 2 is 1.48 bits per heavy atom. The van der Waals surface area contributed by atoms with Gasteiger partial charge in [0.05, 0.1) is 13.2 Å². The number of aliphatic hydroxyl groups is 7. The number of aliphatic hydroxyl groups excluding tert-OH is 7. The molecule has 0 radical (unpaired) electrons. The van der Waals surface area contributed by atoms with E-state index in [1.807, 2.05) is 0 Å². The zero-order valence-electron chi connectivity index (χ0n) is 11.9. The van der Waals surface area contributed by atoms with Gasteiger partial charge in [0.1, 0.15) is 36.6 Å². The van der Waals surface area contributed by atoms with Gasteiger partial charge in [-0.05, 0) is 0 Å². The van der Waals surface area contributed by atoms with Crippen molar-refractivity contribution in [3.63, 3.8) is 0 Å². The average molecular weight is 340 g/mol. The normalized spacial score (nSPS) is 48.5. The van der Waals surface area contributed by atoms with Crippen LogP contribution in [0.3, 0.4) is 0 Å². The molecule has 11 nitrogen and oxygen atoms in total. The van der Waals surface area contributed by atoms with E-state index in [-0.39, 0.29) is 0 Å². The molecule has 0 spiro atoms. The van der Waals surface area contributed by atoms with Crippen LogP contribution in [0, 0.1) is 0 Å². The maximum Gasteiger partial charge on any atom is 0.197 e. The van der Waals surface area contributed by atoms with Crippen LogP contribution in [0.25, 0.3) is 0 Å². The van der Waals surface area contributed by atoms with Crippen LogP contribution in [0.4, 0.5) is 0 Å². The summed E-state index contributed by atoms with van der Waals surface area (Å²) in [5.41, 5.74) is 0. The summed E-state index contributed by atoms with van der Waals surface area (Å²) in [5, 5.41) is 66.4. The highest BCUT2D eigenvalue weighted by molar-refractivity contribution is 5.88. The first-order valence-corrected chi connectivity index (χ1v) is 6.94. The van der Waals surface area contributed by atoms with Crippen molar-refractivity contribution < 1.29 is 54.8 Å². The lowest BCUT2D eigenvalue weighted by atomic mass is 9.98.